The Kier molecular flexibility index (Phi) is 2.97. The zero-order valence-electron chi connectivity index (χ0n) is 8.94. The van der Waals surface area contributed by atoms with Crippen molar-refractivity contribution in [2.75, 3.05) is 0 Å². The molecule has 0 aromatic heterocycles. The number of aryl methyl sites for hydroxylation is 2. The Hall–Kier alpha value is -0.980. The summed E-state index contributed by atoms with van der Waals surface area (Å²) in [5.41, 5.74) is 4.70. The fraction of sp³-hybridized carbons (Fsp3) is 0.500. The van der Waals surface area contributed by atoms with Crippen molar-refractivity contribution in [1.82, 2.24) is 0 Å². The van der Waals surface area contributed by atoms with Crippen molar-refractivity contribution in [2.45, 2.75) is 40.5 Å². The molecule has 0 amide bonds. The molecule has 1 aromatic rings. The number of hydrogen-bond acceptors (Lipinski definition) is 1. The van der Waals surface area contributed by atoms with Crippen LogP contribution in [0.15, 0.2) is 6.07 Å². The molecule has 0 atom stereocenters. The molecule has 1 heteroatoms. The average molecular weight is 178 g/mol. The third-order valence-electron chi connectivity index (χ3n) is 2.71. The lowest BCUT2D eigenvalue weighted by atomic mass is 9.95. The highest BCUT2D eigenvalue weighted by atomic mass is 16.3. The molecule has 0 saturated carbocycles. The summed E-state index contributed by atoms with van der Waals surface area (Å²) in [6.45, 7) is 8.31. The first-order valence-corrected chi connectivity index (χ1v) is 4.92. The van der Waals surface area contributed by atoms with Crippen molar-refractivity contribution in [3.8, 4) is 5.75 Å². The molecule has 0 unspecified atom stereocenters. The van der Waals surface area contributed by atoms with Gasteiger partial charge in [0.05, 0.1) is 0 Å². The van der Waals surface area contributed by atoms with Gasteiger partial charge in [-0.1, -0.05) is 19.9 Å². The second-order valence-electron chi connectivity index (χ2n) is 3.51. The Morgan fingerprint density at radius 2 is 1.77 bits per heavy atom. The smallest absolute Gasteiger partial charge is 0.121 e. The maximum atomic E-state index is 9.83. The van der Waals surface area contributed by atoms with E-state index < -0.39 is 0 Å². The Morgan fingerprint density at radius 3 is 2.23 bits per heavy atom. The first kappa shape index (κ1) is 10.1. The molecule has 0 heterocycles. The average Bonchev–Trinajstić information content (AvgIpc) is 2.12. The predicted octanol–water partition coefficient (Wildman–Crippen LogP) is 3.13. The molecule has 0 aliphatic heterocycles. The minimum absolute atomic E-state index is 0.491. The van der Waals surface area contributed by atoms with Crippen LogP contribution in [0.1, 0.15) is 36.1 Å². The normalized spacial score (nSPS) is 10.5. The van der Waals surface area contributed by atoms with E-state index in [0.717, 1.165) is 24.0 Å². The summed E-state index contributed by atoms with van der Waals surface area (Å²) in [5, 5.41) is 9.83. The van der Waals surface area contributed by atoms with E-state index in [1.807, 2.05) is 6.92 Å². The van der Waals surface area contributed by atoms with Gasteiger partial charge in [-0.2, -0.15) is 0 Å². The van der Waals surface area contributed by atoms with E-state index in [4.69, 9.17) is 0 Å². The van der Waals surface area contributed by atoms with Gasteiger partial charge in [-0.3, -0.25) is 0 Å². The van der Waals surface area contributed by atoms with Crippen LogP contribution >= 0.6 is 0 Å². The van der Waals surface area contributed by atoms with Crippen LogP contribution in [0.3, 0.4) is 0 Å². The van der Waals surface area contributed by atoms with Crippen molar-refractivity contribution in [1.29, 1.82) is 0 Å². The summed E-state index contributed by atoms with van der Waals surface area (Å²) in [5.74, 6) is 0.491. The van der Waals surface area contributed by atoms with Crippen LogP contribution in [-0.2, 0) is 12.8 Å². The van der Waals surface area contributed by atoms with Crippen molar-refractivity contribution in [3.63, 3.8) is 0 Å². The van der Waals surface area contributed by atoms with Crippen molar-refractivity contribution in [3.05, 3.63) is 28.3 Å². The van der Waals surface area contributed by atoms with Gasteiger partial charge in [-0.25, -0.2) is 0 Å². The van der Waals surface area contributed by atoms with Gasteiger partial charge in [0.2, 0.25) is 0 Å². The van der Waals surface area contributed by atoms with Crippen molar-refractivity contribution < 1.29 is 5.11 Å². The Balaban J connectivity index is 3.37. The first-order valence-electron chi connectivity index (χ1n) is 4.92. The highest BCUT2D eigenvalue weighted by Gasteiger charge is 2.09. The van der Waals surface area contributed by atoms with E-state index >= 15 is 0 Å². The quantitative estimate of drug-likeness (QED) is 0.737. The van der Waals surface area contributed by atoms with Crippen molar-refractivity contribution in [2.24, 2.45) is 0 Å². The lowest BCUT2D eigenvalue weighted by Crippen LogP contribution is -1.95. The van der Waals surface area contributed by atoms with Gasteiger partial charge >= 0.3 is 0 Å². The molecule has 1 aromatic carbocycles. The molecule has 0 saturated heterocycles. The number of rotatable bonds is 2. The highest BCUT2D eigenvalue weighted by molar-refractivity contribution is 5.48. The Bertz CT molecular complexity index is 313. The second-order valence-corrected chi connectivity index (χ2v) is 3.51. The molecule has 1 nitrogen and oxygen atoms in total. The van der Waals surface area contributed by atoms with E-state index in [-0.39, 0.29) is 0 Å². The summed E-state index contributed by atoms with van der Waals surface area (Å²) in [6.07, 6.45) is 1.90. The van der Waals surface area contributed by atoms with Gasteiger partial charge in [0.1, 0.15) is 5.75 Å². The van der Waals surface area contributed by atoms with Gasteiger partial charge in [-0.15, -0.1) is 0 Å². The molecule has 0 bridgehead atoms. The van der Waals surface area contributed by atoms with E-state index in [9.17, 15) is 5.11 Å². The topological polar surface area (TPSA) is 20.2 Å². The van der Waals surface area contributed by atoms with E-state index in [0.29, 0.717) is 5.75 Å². The fourth-order valence-electron chi connectivity index (χ4n) is 1.91. The Labute approximate surface area is 80.4 Å². The monoisotopic (exact) mass is 178 g/mol. The molecule has 0 radical (unpaired) electrons. The zero-order valence-corrected chi connectivity index (χ0v) is 8.94. The molecule has 1 rings (SSSR count). The largest absolute Gasteiger partial charge is 0.507 e. The maximum Gasteiger partial charge on any atom is 0.121 e. The van der Waals surface area contributed by atoms with E-state index in [1.165, 1.54) is 11.1 Å². The highest BCUT2D eigenvalue weighted by Crippen LogP contribution is 2.28. The van der Waals surface area contributed by atoms with Crippen LogP contribution in [0.4, 0.5) is 0 Å². The fourth-order valence-corrected chi connectivity index (χ4v) is 1.91. The number of aromatic hydroxyl groups is 1. The minimum Gasteiger partial charge on any atom is -0.507 e. The van der Waals surface area contributed by atoms with Crippen LogP contribution in [-0.4, -0.2) is 5.11 Å². The standard InChI is InChI=1S/C12H18O/c1-5-10-7-8(3)11(6-2)9(4)12(10)13/h7,13H,5-6H2,1-4H3. The minimum atomic E-state index is 0.491. The van der Waals surface area contributed by atoms with E-state index in [2.05, 4.69) is 26.8 Å². The van der Waals surface area contributed by atoms with Crippen LogP contribution in [0.5, 0.6) is 5.75 Å². The van der Waals surface area contributed by atoms with Crippen molar-refractivity contribution >= 4 is 0 Å². The van der Waals surface area contributed by atoms with Crippen LogP contribution in [0, 0.1) is 13.8 Å². The third-order valence-corrected chi connectivity index (χ3v) is 2.71. The molecule has 0 aliphatic rings. The third kappa shape index (κ3) is 1.69. The van der Waals surface area contributed by atoms with Crippen LogP contribution < -0.4 is 0 Å². The molecular formula is C12H18O. The zero-order chi connectivity index (χ0) is 10.0. The second kappa shape index (κ2) is 3.82. The molecule has 13 heavy (non-hydrogen) atoms. The van der Waals surface area contributed by atoms with Crippen LogP contribution in [0.2, 0.25) is 0 Å². The van der Waals surface area contributed by atoms with Gasteiger partial charge in [-0.05, 0) is 48.9 Å². The van der Waals surface area contributed by atoms with Gasteiger partial charge < -0.3 is 5.11 Å². The maximum absolute atomic E-state index is 9.83. The van der Waals surface area contributed by atoms with Gasteiger partial charge in [0, 0.05) is 0 Å². The predicted molar refractivity (Wildman–Crippen MR) is 56.3 cm³/mol. The lowest BCUT2D eigenvalue weighted by Gasteiger charge is -2.13. The summed E-state index contributed by atoms with van der Waals surface area (Å²) < 4.78 is 0. The number of phenols is 1. The van der Waals surface area contributed by atoms with Gasteiger partial charge in [0.25, 0.3) is 0 Å². The van der Waals surface area contributed by atoms with E-state index in [1.54, 1.807) is 0 Å². The number of hydrogen-bond donors (Lipinski definition) is 1. The Morgan fingerprint density at radius 1 is 1.15 bits per heavy atom. The van der Waals surface area contributed by atoms with Gasteiger partial charge in [0.15, 0.2) is 0 Å². The number of phenolic OH excluding ortho intramolecular Hbond substituents is 1. The summed E-state index contributed by atoms with van der Waals surface area (Å²) in [4.78, 5) is 0. The SMILES string of the molecule is CCc1cc(C)c(CC)c(C)c1O. The summed E-state index contributed by atoms with van der Waals surface area (Å²) in [6, 6.07) is 2.10. The lowest BCUT2D eigenvalue weighted by molar-refractivity contribution is 0.463. The molecule has 0 spiro atoms. The molecule has 72 valence electrons. The molecule has 0 fully saturated rings. The van der Waals surface area contributed by atoms with Crippen LogP contribution in [0.25, 0.3) is 0 Å². The summed E-state index contributed by atoms with van der Waals surface area (Å²) in [7, 11) is 0. The summed E-state index contributed by atoms with van der Waals surface area (Å²) >= 11 is 0. The first-order chi connectivity index (χ1) is 6.11. The molecule has 1 N–H and O–H groups in total. The molecular weight excluding hydrogens is 160 g/mol. The molecule has 0 aliphatic carbocycles. The number of benzene rings is 1.